The topological polar surface area (TPSA) is 38.3 Å². The highest BCUT2D eigenvalue weighted by Crippen LogP contribution is 2.22. The van der Waals surface area contributed by atoms with Gasteiger partial charge in [-0.05, 0) is 41.8 Å². The van der Waals surface area contributed by atoms with Crippen LogP contribution < -0.4 is 10.1 Å². The number of ether oxygens (including phenoxy) is 1. The predicted octanol–water partition coefficient (Wildman–Crippen LogP) is 4.19. The number of rotatable bonds is 8. The fourth-order valence-corrected chi connectivity index (χ4v) is 3.62. The summed E-state index contributed by atoms with van der Waals surface area (Å²) >= 11 is 4.83. The number of hydrogen-bond donors (Lipinski definition) is 1. The van der Waals surface area contributed by atoms with Crippen LogP contribution in [0.5, 0.6) is 5.75 Å². The molecule has 0 unspecified atom stereocenters. The first-order valence-electron chi connectivity index (χ1n) is 7.50. The zero-order valence-corrected chi connectivity index (χ0v) is 15.8. The van der Waals surface area contributed by atoms with Crippen LogP contribution in [-0.4, -0.2) is 25.3 Å². The van der Waals surface area contributed by atoms with Gasteiger partial charge >= 0.3 is 0 Å². The second kappa shape index (κ2) is 9.69. The molecule has 1 amide bonds. The fourth-order valence-electron chi connectivity index (χ4n) is 2.08. The molecule has 1 N–H and O–H groups in total. The molecule has 0 aliphatic carbocycles. The molecule has 2 rings (SSSR count). The second-order valence-corrected chi connectivity index (χ2v) is 7.02. The average Bonchev–Trinajstić information content (AvgIpc) is 2.57. The summed E-state index contributed by atoms with van der Waals surface area (Å²) in [7, 11) is 1.64. The maximum atomic E-state index is 13.0. The van der Waals surface area contributed by atoms with E-state index in [1.165, 1.54) is 23.9 Å². The van der Waals surface area contributed by atoms with E-state index >= 15 is 0 Å². The van der Waals surface area contributed by atoms with Crippen LogP contribution in [0.2, 0.25) is 0 Å². The van der Waals surface area contributed by atoms with Crippen molar-refractivity contribution in [3.63, 3.8) is 0 Å². The third kappa shape index (κ3) is 6.17. The molecule has 0 saturated carbocycles. The molecule has 0 saturated heterocycles. The number of amides is 1. The lowest BCUT2D eigenvalue weighted by atomic mass is 10.1. The number of methoxy groups -OCH3 is 1. The first kappa shape index (κ1) is 18.8. The summed E-state index contributed by atoms with van der Waals surface area (Å²) < 4.78 is 18.9. The van der Waals surface area contributed by atoms with Gasteiger partial charge in [0.15, 0.2) is 0 Å². The summed E-state index contributed by atoms with van der Waals surface area (Å²) in [5.41, 5.74) is 2.13. The number of halogens is 2. The van der Waals surface area contributed by atoms with E-state index < -0.39 is 0 Å². The molecule has 0 heterocycles. The number of nitrogens with one attached hydrogen (secondary N) is 1. The Morgan fingerprint density at radius 2 is 2.00 bits per heavy atom. The van der Waals surface area contributed by atoms with E-state index in [4.69, 9.17) is 4.74 Å². The minimum absolute atomic E-state index is 0.00625. The van der Waals surface area contributed by atoms with Crippen LogP contribution in [0.25, 0.3) is 0 Å². The Kier molecular flexibility index (Phi) is 7.59. The molecule has 3 nitrogen and oxygen atoms in total. The van der Waals surface area contributed by atoms with Gasteiger partial charge in [-0.3, -0.25) is 4.79 Å². The summed E-state index contributed by atoms with van der Waals surface area (Å²) in [5, 5.41) is 2.91. The Morgan fingerprint density at radius 1 is 1.25 bits per heavy atom. The van der Waals surface area contributed by atoms with Crippen molar-refractivity contribution < 1.29 is 13.9 Å². The van der Waals surface area contributed by atoms with Crippen LogP contribution in [0.3, 0.4) is 0 Å². The Hall–Kier alpha value is -1.53. The largest absolute Gasteiger partial charge is 0.497 e. The van der Waals surface area contributed by atoms with Crippen LogP contribution in [-0.2, 0) is 17.0 Å². The summed E-state index contributed by atoms with van der Waals surface area (Å²) in [5.74, 6) is 1.60. The van der Waals surface area contributed by atoms with Gasteiger partial charge in [-0.15, -0.1) is 11.8 Å². The molecule has 0 atom stereocenters. The van der Waals surface area contributed by atoms with Crippen molar-refractivity contribution in [3.05, 3.63) is 63.9 Å². The van der Waals surface area contributed by atoms with Crippen LogP contribution in [0.4, 0.5) is 4.39 Å². The molecular formula is C18H19BrFNO2S. The third-order valence-corrected chi connectivity index (χ3v) is 5.12. The zero-order valence-electron chi connectivity index (χ0n) is 13.4. The Balaban J connectivity index is 1.66. The van der Waals surface area contributed by atoms with Crippen molar-refractivity contribution in [2.75, 3.05) is 19.4 Å². The van der Waals surface area contributed by atoms with E-state index in [9.17, 15) is 9.18 Å². The Bertz CT molecular complexity index is 679. The molecule has 24 heavy (non-hydrogen) atoms. The molecule has 0 aromatic heterocycles. The number of carbonyl (C=O) groups excluding carboxylic acids is 1. The first-order chi connectivity index (χ1) is 11.6. The monoisotopic (exact) mass is 411 g/mol. The summed E-state index contributed by atoms with van der Waals surface area (Å²) in [6, 6.07) is 12.4. The molecule has 0 fully saturated rings. The number of carbonyl (C=O) groups is 1. The van der Waals surface area contributed by atoms with Gasteiger partial charge in [-0.25, -0.2) is 4.39 Å². The van der Waals surface area contributed by atoms with E-state index in [1.807, 2.05) is 24.3 Å². The Morgan fingerprint density at radius 3 is 2.67 bits per heavy atom. The molecule has 0 radical (unpaired) electrons. The highest BCUT2D eigenvalue weighted by Gasteiger charge is 2.05. The van der Waals surface area contributed by atoms with Gasteiger partial charge < -0.3 is 10.1 Å². The molecule has 0 bridgehead atoms. The predicted molar refractivity (Wildman–Crippen MR) is 100.0 cm³/mol. The first-order valence-corrected chi connectivity index (χ1v) is 9.44. The van der Waals surface area contributed by atoms with Crippen LogP contribution in [0.15, 0.2) is 46.9 Å². The fraction of sp³-hybridized carbons (Fsp3) is 0.278. The number of hydrogen-bond acceptors (Lipinski definition) is 3. The normalized spacial score (nSPS) is 10.5. The van der Waals surface area contributed by atoms with E-state index in [1.54, 1.807) is 13.2 Å². The van der Waals surface area contributed by atoms with Crippen molar-refractivity contribution in [1.82, 2.24) is 5.32 Å². The lowest BCUT2D eigenvalue weighted by Gasteiger charge is -2.07. The highest BCUT2D eigenvalue weighted by molar-refractivity contribution is 9.10. The standard InChI is InChI=1S/C18H19BrFNO2S/c1-23-16-6-2-13(3-7-16)8-9-21-18(22)12-24-11-14-4-5-15(20)10-17(14)19/h2-7,10H,8-9,11-12H2,1H3,(H,21,22). The van der Waals surface area contributed by atoms with Gasteiger partial charge in [-0.2, -0.15) is 0 Å². The van der Waals surface area contributed by atoms with Gasteiger partial charge in [-0.1, -0.05) is 34.1 Å². The molecule has 6 heteroatoms. The third-order valence-electron chi connectivity index (χ3n) is 3.40. The van der Waals surface area contributed by atoms with E-state index in [0.717, 1.165) is 27.8 Å². The van der Waals surface area contributed by atoms with E-state index in [2.05, 4.69) is 21.2 Å². The Labute approximate surface area is 154 Å². The van der Waals surface area contributed by atoms with Crippen molar-refractivity contribution in [2.24, 2.45) is 0 Å². The van der Waals surface area contributed by atoms with Gasteiger partial charge in [0.05, 0.1) is 12.9 Å². The zero-order chi connectivity index (χ0) is 17.4. The minimum Gasteiger partial charge on any atom is -0.497 e. The second-order valence-electron chi connectivity index (χ2n) is 5.18. The van der Waals surface area contributed by atoms with Crippen molar-refractivity contribution in [2.45, 2.75) is 12.2 Å². The number of benzene rings is 2. The quantitative estimate of drug-likeness (QED) is 0.707. The van der Waals surface area contributed by atoms with Crippen LogP contribution in [0, 0.1) is 5.82 Å². The average molecular weight is 412 g/mol. The molecule has 0 aliphatic heterocycles. The summed E-state index contributed by atoms with van der Waals surface area (Å²) in [6.07, 6.45) is 0.782. The molecule has 0 spiro atoms. The summed E-state index contributed by atoms with van der Waals surface area (Å²) in [4.78, 5) is 11.8. The maximum Gasteiger partial charge on any atom is 0.230 e. The van der Waals surface area contributed by atoms with Gasteiger partial charge in [0.25, 0.3) is 0 Å². The smallest absolute Gasteiger partial charge is 0.230 e. The SMILES string of the molecule is COc1ccc(CCNC(=O)CSCc2ccc(F)cc2Br)cc1. The van der Waals surface area contributed by atoms with E-state index in [-0.39, 0.29) is 11.7 Å². The summed E-state index contributed by atoms with van der Waals surface area (Å²) in [6.45, 7) is 0.603. The molecular weight excluding hydrogens is 393 g/mol. The molecule has 2 aromatic rings. The van der Waals surface area contributed by atoms with Gasteiger partial charge in [0.1, 0.15) is 11.6 Å². The lowest BCUT2D eigenvalue weighted by molar-refractivity contribution is -0.118. The minimum atomic E-state index is -0.271. The van der Waals surface area contributed by atoms with Crippen molar-refractivity contribution in [1.29, 1.82) is 0 Å². The lowest BCUT2D eigenvalue weighted by Crippen LogP contribution is -2.27. The van der Waals surface area contributed by atoms with Crippen molar-refractivity contribution >= 4 is 33.6 Å². The highest BCUT2D eigenvalue weighted by atomic mass is 79.9. The van der Waals surface area contributed by atoms with E-state index in [0.29, 0.717) is 18.1 Å². The van der Waals surface area contributed by atoms with Crippen LogP contribution >= 0.6 is 27.7 Å². The van der Waals surface area contributed by atoms with Crippen molar-refractivity contribution in [3.8, 4) is 5.75 Å². The number of thioether (sulfide) groups is 1. The molecule has 128 valence electrons. The molecule has 0 aliphatic rings. The van der Waals surface area contributed by atoms with Gasteiger partial charge in [0.2, 0.25) is 5.91 Å². The van der Waals surface area contributed by atoms with Crippen LogP contribution in [0.1, 0.15) is 11.1 Å². The molecule has 2 aromatic carbocycles. The van der Waals surface area contributed by atoms with Gasteiger partial charge in [0, 0.05) is 16.8 Å². The maximum absolute atomic E-state index is 13.0.